The quantitative estimate of drug-likeness (QED) is 0.620. The number of thiophene rings is 1. The van der Waals surface area contributed by atoms with E-state index in [9.17, 15) is 4.79 Å². The molecule has 0 bridgehead atoms. The van der Waals surface area contributed by atoms with Crippen molar-refractivity contribution in [2.45, 2.75) is 65.8 Å². The predicted octanol–water partition coefficient (Wildman–Crippen LogP) is 3.04. The molecular weight excluding hydrogens is 390 g/mol. The van der Waals surface area contributed by atoms with Crippen LogP contribution in [0, 0.1) is 6.92 Å². The van der Waals surface area contributed by atoms with Gasteiger partial charge in [0.25, 0.3) is 5.91 Å². The molecular formula is C20H27N5O3S. The summed E-state index contributed by atoms with van der Waals surface area (Å²) in [6.07, 6.45) is 1.72. The van der Waals surface area contributed by atoms with Crippen LogP contribution in [0.1, 0.15) is 61.0 Å². The maximum Gasteiger partial charge on any atom is 0.290 e. The first-order valence-electron chi connectivity index (χ1n) is 9.96. The van der Waals surface area contributed by atoms with Crippen molar-refractivity contribution in [3.63, 3.8) is 0 Å². The van der Waals surface area contributed by atoms with Crippen molar-refractivity contribution in [2.75, 3.05) is 13.2 Å². The number of hydrogen-bond donors (Lipinski definition) is 1. The largest absolute Gasteiger partial charge is 0.379 e. The van der Waals surface area contributed by atoms with E-state index < -0.39 is 0 Å². The Kier molecular flexibility index (Phi) is 5.30. The Morgan fingerprint density at radius 1 is 1.38 bits per heavy atom. The molecule has 0 aliphatic carbocycles. The molecule has 0 fully saturated rings. The first kappa shape index (κ1) is 20.2. The second-order valence-corrected chi connectivity index (χ2v) is 9.35. The molecule has 3 aromatic heterocycles. The van der Waals surface area contributed by atoms with Gasteiger partial charge in [0.2, 0.25) is 5.82 Å². The van der Waals surface area contributed by atoms with Crippen molar-refractivity contribution in [3.05, 3.63) is 22.1 Å². The molecule has 9 heteroatoms. The van der Waals surface area contributed by atoms with Crippen LogP contribution in [-0.2, 0) is 22.5 Å². The molecule has 4 rings (SSSR count). The second kappa shape index (κ2) is 7.62. The van der Waals surface area contributed by atoms with Crippen LogP contribution in [0.2, 0.25) is 0 Å². The smallest absolute Gasteiger partial charge is 0.290 e. The monoisotopic (exact) mass is 417 g/mol. The summed E-state index contributed by atoms with van der Waals surface area (Å²) in [4.78, 5) is 24.0. The minimum atomic E-state index is -0.279. The fourth-order valence-electron chi connectivity index (χ4n) is 3.51. The number of carbonyl (C=O) groups excluding carboxylic acids is 1. The third-order valence-electron chi connectivity index (χ3n) is 4.93. The van der Waals surface area contributed by atoms with Gasteiger partial charge >= 0.3 is 0 Å². The average Bonchev–Trinajstić information content (AvgIpc) is 3.22. The average molecular weight is 418 g/mol. The van der Waals surface area contributed by atoms with Crippen LogP contribution in [0.15, 0.2) is 0 Å². The number of aryl methyl sites for hydroxylation is 1. The van der Waals surface area contributed by atoms with E-state index >= 15 is 0 Å². The van der Waals surface area contributed by atoms with Gasteiger partial charge in [-0.1, -0.05) is 0 Å². The molecule has 156 valence electrons. The number of fused-ring (bicyclic) bond motifs is 5. The number of aromatic nitrogens is 4. The zero-order valence-corrected chi connectivity index (χ0v) is 18.4. The lowest BCUT2D eigenvalue weighted by molar-refractivity contribution is -0.0379. The standard InChI is InChI=1S/C20H27N5O3S/c1-11(2)27-8-6-7-21-18(26)16-23-17-15-13-9-20(4,5)28-10-14(13)29-19(15)22-12(3)25(17)24-16/h11H,6-10H2,1-5H3,(H,21,26). The Hall–Kier alpha value is -2.10. The Bertz CT molecular complexity index is 1070. The van der Waals surface area contributed by atoms with Gasteiger partial charge in [-0.15, -0.1) is 16.4 Å². The summed E-state index contributed by atoms with van der Waals surface area (Å²) >= 11 is 1.64. The highest BCUT2D eigenvalue weighted by atomic mass is 32.1. The molecule has 3 aromatic rings. The SMILES string of the molecule is Cc1nc2sc3c(c2c2nc(C(=O)NCCCOC(C)C)nn12)CC(C)(C)OC3. The van der Waals surface area contributed by atoms with E-state index in [2.05, 4.69) is 29.2 Å². The van der Waals surface area contributed by atoms with Crippen LogP contribution in [0.25, 0.3) is 15.9 Å². The summed E-state index contributed by atoms with van der Waals surface area (Å²) in [6.45, 7) is 11.7. The number of nitrogens with one attached hydrogen (secondary N) is 1. The number of rotatable bonds is 6. The zero-order valence-electron chi connectivity index (χ0n) is 17.5. The van der Waals surface area contributed by atoms with E-state index in [4.69, 9.17) is 14.5 Å². The molecule has 4 heterocycles. The summed E-state index contributed by atoms with van der Waals surface area (Å²) in [6, 6.07) is 0. The first-order chi connectivity index (χ1) is 13.7. The van der Waals surface area contributed by atoms with Gasteiger partial charge in [0, 0.05) is 24.4 Å². The molecule has 1 aliphatic heterocycles. The molecule has 0 saturated heterocycles. The van der Waals surface area contributed by atoms with Gasteiger partial charge < -0.3 is 14.8 Å². The molecule has 0 spiro atoms. The maximum atomic E-state index is 12.6. The van der Waals surface area contributed by atoms with Crippen LogP contribution >= 0.6 is 11.3 Å². The van der Waals surface area contributed by atoms with Crippen molar-refractivity contribution in [1.29, 1.82) is 0 Å². The molecule has 0 radical (unpaired) electrons. The van der Waals surface area contributed by atoms with Gasteiger partial charge in [-0.05, 0) is 46.6 Å². The zero-order chi connectivity index (χ0) is 20.8. The lowest BCUT2D eigenvalue weighted by atomic mass is 9.94. The summed E-state index contributed by atoms with van der Waals surface area (Å²) in [7, 11) is 0. The molecule has 0 unspecified atom stereocenters. The first-order valence-corrected chi connectivity index (χ1v) is 10.8. The summed E-state index contributed by atoms with van der Waals surface area (Å²) in [5.41, 5.74) is 1.67. The second-order valence-electron chi connectivity index (χ2n) is 8.27. The third-order valence-corrected chi connectivity index (χ3v) is 6.03. The molecule has 29 heavy (non-hydrogen) atoms. The van der Waals surface area contributed by atoms with Crippen LogP contribution in [0.5, 0.6) is 0 Å². The minimum absolute atomic E-state index is 0.165. The number of amides is 1. The minimum Gasteiger partial charge on any atom is -0.379 e. The van der Waals surface area contributed by atoms with Crippen LogP contribution in [0.3, 0.4) is 0 Å². The normalized spacial score (nSPS) is 15.9. The number of nitrogens with zero attached hydrogens (tertiary/aromatic N) is 4. The van der Waals surface area contributed by atoms with Crippen molar-refractivity contribution >= 4 is 33.1 Å². The summed E-state index contributed by atoms with van der Waals surface area (Å²) in [5, 5.41) is 8.29. The molecule has 1 N–H and O–H groups in total. The Labute approximate surface area is 173 Å². The molecule has 0 saturated carbocycles. The maximum absolute atomic E-state index is 12.6. The highest BCUT2D eigenvalue weighted by Crippen LogP contribution is 2.39. The number of carbonyl (C=O) groups is 1. The van der Waals surface area contributed by atoms with Gasteiger partial charge in [0.05, 0.1) is 23.7 Å². The molecule has 1 aliphatic rings. The molecule has 0 atom stereocenters. The van der Waals surface area contributed by atoms with Crippen LogP contribution in [-0.4, -0.2) is 50.3 Å². The van der Waals surface area contributed by atoms with Crippen molar-refractivity contribution < 1.29 is 14.3 Å². The topological polar surface area (TPSA) is 90.6 Å². The van der Waals surface area contributed by atoms with Gasteiger partial charge in [0.1, 0.15) is 10.7 Å². The van der Waals surface area contributed by atoms with E-state index in [0.717, 1.165) is 23.1 Å². The predicted molar refractivity (Wildman–Crippen MR) is 112 cm³/mol. The third kappa shape index (κ3) is 3.99. The lowest BCUT2D eigenvalue weighted by Crippen LogP contribution is -2.31. The Balaban J connectivity index is 1.63. The van der Waals surface area contributed by atoms with Crippen molar-refractivity contribution in [3.8, 4) is 0 Å². The summed E-state index contributed by atoms with van der Waals surface area (Å²) < 4.78 is 13.1. The fourth-order valence-corrected chi connectivity index (χ4v) is 4.65. The molecule has 1 amide bonds. The lowest BCUT2D eigenvalue weighted by Gasteiger charge is -2.30. The Morgan fingerprint density at radius 2 is 2.17 bits per heavy atom. The van der Waals surface area contributed by atoms with Gasteiger partial charge in [-0.2, -0.15) is 4.52 Å². The van der Waals surface area contributed by atoms with E-state index in [1.54, 1.807) is 15.9 Å². The molecule has 0 aromatic carbocycles. The summed E-state index contributed by atoms with van der Waals surface area (Å²) in [5.74, 6) is 0.597. The molecule has 8 nitrogen and oxygen atoms in total. The van der Waals surface area contributed by atoms with Gasteiger partial charge in [-0.25, -0.2) is 9.97 Å². The van der Waals surface area contributed by atoms with Gasteiger partial charge in [-0.3, -0.25) is 4.79 Å². The van der Waals surface area contributed by atoms with Crippen LogP contribution < -0.4 is 5.32 Å². The highest BCUT2D eigenvalue weighted by Gasteiger charge is 2.31. The van der Waals surface area contributed by atoms with Gasteiger partial charge in [0.15, 0.2) is 5.65 Å². The van der Waals surface area contributed by atoms with E-state index in [1.165, 1.54) is 10.4 Å². The Morgan fingerprint density at radius 3 is 2.93 bits per heavy atom. The van der Waals surface area contributed by atoms with Crippen LogP contribution in [0.4, 0.5) is 0 Å². The van der Waals surface area contributed by atoms with E-state index in [1.807, 2.05) is 20.8 Å². The fraction of sp³-hybridized carbons (Fsp3) is 0.600. The number of ether oxygens (including phenoxy) is 2. The van der Waals surface area contributed by atoms with Crippen molar-refractivity contribution in [2.24, 2.45) is 0 Å². The van der Waals surface area contributed by atoms with E-state index in [0.29, 0.717) is 31.2 Å². The van der Waals surface area contributed by atoms with Crippen molar-refractivity contribution in [1.82, 2.24) is 24.9 Å². The van der Waals surface area contributed by atoms with E-state index in [-0.39, 0.29) is 23.4 Å². The highest BCUT2D eigenvalue weighted by molar-refractivity contribution is 7.19. The number of hydrogen-bond acceptors (Lipinski definition) is 7.